The molecule has 1 rings (SSSR count). The highest BCUT2D eigenvalue weighted by atomic mass is 16.2. The summed E-state index contributed by atoms with van der Waals surface area (Å²) in [5.41, 5.74) is 0. The summed E-state index contributed by atoms with van der Waals surface area (Å²) in [4.78, 5) is 24.2. The molecule has 0 aromatic carbocycles. The van der Waals surface area contributed by atoms with Crippen molar-refractivity contribution in [1.82, 2.24) is 10.2 Å². The molecule has 2 amide bonds. The van der Waals surface area contributed by atoms with E-state index in [9.17, 15) is 9.59 Å². The summed E-state index contributed by atoms with van der Waals surface area (Å²) in [6.07, 6.45) is 0.733. The Morgan fingerprint density at radius 2 is 2.23 bits per heavy atom. The number of hydrogen-bond acceptors (Lipinski definition) is 2. The van der Waals surface area contributed by atoms with Crippen LogP contribution in [0, 0.1) is 0 Å². The number of amides is 2. The monoisotopic (exact) mass is 184 g/mol. The summed E-state index contributed by atoms with van der Waals surface area (Å²) in [6.45, 7) is 6.03. The highest BCUT2D eigenvalue weighted by Crippen LogP contribution is 2.13. The second-order valence-corrected chi connectivity index (χ2v) is 3.62. The van der Waals surface area contributed by atoms with Crippen molar-refractivity contribution in [2.24, 2.45) is 0 Å². The van der Waals surface area contributed by atoms with Gasteiger partial charge in [-0.1, -0.05) is 0 Å². The Balaban J connectivity index is 2.75. The lowest BCUT2D eigenvalue weighted by atomic mass is 10.1. The van der Waals surface area contributed by atoms with Crippen LogP contribution in [-0.4, -0.2) is 35.3 Å². The number of carbonyl (C=O) groups excluding carboxylic acids is 2. The predicted molar refractivity (Wildman–Crippen MR) is 49.1 cm³/mol. The molecule has 1 aliphatic heterocycles. The third-order valence-corrected chi connectivity index (χ3v) is 2.28. The summed E-state index contributed by atoms with van der Waals surface area (Å²) >= 11 is 0. The second-order valence-electron chi connectivity index (χ2n) is 3.62. The Bertz CT molecular complexity index is 226. The van der Waals surface area contributed by atoms with Crippen LogP contribution in [0.3, 0.4) is 0 Å². The van der Waals surface area contributed by atoms with Gasteiger partial charge in [0.2, 0.25) is 11.8 Å². The highest BCUT2D eigenvalue weighted by molar-refractivity contribution is 5.88. The zero-order valence-corrected chi connectivity index (χ0v) is 8.33. The summed E-state index contributed by atoms with van der Waals surface area (Å²) < 4.78 is 0. The molecule has 1 aliphatic rings. The van der Waals surface area contributed by atoms with Crippen molar-refractivity contribution in [3.8, 4) is 0 Å². The first kappa shape index (κ1) is 10.0. The summed E-state index contributed by atoms with van der Waals surface area (Å²) in [5.74, 6) is -0.0547. The Kier molecular flexibility index (Phi) is 2.90. The lowest BCUT2D eigenvalue weighted by molar-refractivity contribution is -0.139. The van der Waals surface area contributed by atoms with Gasteiger partial charge in [0.1, 0.15) is 6.04 Å². The van der Waals surface area contributed by atoms with Crippen molar-refractivity contribution < 1.29 is 9.59 Å². The zero-order chi connectivity index (χ0) is 10.0. The third-order valence-electron chi connectivity index (χ3n) is 2.28. The number of nitrogens with zero attached hydrogens (tertiary/aromatic N) is 1. The van der Waals surface area contributed by atoms with Crippen LogP contribution in [0.1, 0.15) is 27.2 Å². The molecule has 1 heterocycles. The maximum Gasteiger partial charge on any atom is 0.242 e. The molecule has 0 saturated carbocycles. The van der Waals surface area contributed by atoms with Crippen LogP contribution in [0.15, 0.2) is 0 Å². The fourth-order valence-corrected chi connectivity index (χ4v) is 1.79. The molecule has 0 bridgehead atoms. The van der Waals surface area contributed by atoms with Gasteiger partial charge in [0, 0.05) is 19.5 Å². The van der Waals surface area contributed by atoms with Gasteiger partial charge >= 0.3 is 0 Å². The molecule has 1 N–H and O–H groups in total. The second kappa shape index (κ2) is 3.77. The standard InChI is InChI=1S/C9H16N2O2/c1-6(2)11(7(3)12)8-4-5-10-9(8)13/h6,8H,4-5H2,1-3H3,(H,10,13). The number of nitrogens with one attached hydrogen (secondary N) is 1. The molecule has 1 atom stereocenters. The fraction of sp³-hybridized carbons (Fsp3) is 0.778. The first-order valence-electron chi connectivity index (χ1n) is 4.60. The quantitative estimate of drug-likeness (QED) is 0.663. The van der Waals surface area contributed by atoms with Crippen molar-refractivity contribution in [3.05, 3.63) is 0 Å². The SMILES string of the molecule is CC(=O)N(C(C)C)C1CCNC1=O. The van der Waals surface area contributed by atoms with E-state index in [0.717, 1.165) is 6.42 Å². The molecular formula is C9H16N2O2. The molecule has 0 spiro atoms. The van der Waals surface area contributed by atoms with E-state index in [1.54, 1.807) is 4.90 Å². The summed E-state index contributed by atoms with van der Waals surface area (Å²) in [7, 11) is 0. The van der Waals surface area contributed by atoms with Gasteiger partial charge in [-0.25, -0.2) is 0 Å². The van der Waals surface area contributed by atoms with E-state index in [2.05, 4.69) is 5.32 Å². The predicted octanol–water partition coefficient (Wildman–Crippen LogP) is 0.132. The summed E-state index contributed by atoms with van der Waals surface area (Å²) in [5, 5.41) is 2.73. The van der Waals surface area contributed by atoms with E-state index < -0.39 is 0 Å². The molecule has 0 aromatic heterocycles. The van der Waals surface area contributed by atoms with Crippen LogP contribution in [0.25, 0.3) is 0 Å². The molecule has 1 saturated heterocycles. The van der Waals surface area contributed by atoms with E-state index in [4.69, 9.17) is 0 Å². The maximum absolute atomic E-state index is 11.3. The van der Waals surface area contributed by atoms with Crippen molar-refractivity contribution in [2.75, 3.05) is 6.54 Å². The van der Waals surface area contributed by atoms with Gasteiger partial charge in [-0.05, 0) is 20.3 Å². The number of hydrogen-bond donors (Lipinski definition) is 1. The van der Waals surface area contributed by atoms with Gasteiger partial charge in [0.25, 0.3) is 0 Å². The zero-order valence-electron chi connectivity index (χ0n) is 8.33. The van der Waals surface area contributed by atoms with Gasteiger partial charge < -0.3 is 10.2 Å². The molecule has 0 aromatic rings. The minimum absolute atomic E-state index is 0.0242. The van der Waals surface area contributed by atoms with E-state index in [1.165, 1.54) is 6.92 Å². The largest absolute Gasteiger partial charge is 0.354 e. The van der Waals surface area contributed by atoms with Crippen molar-refractivity contribution in [2.45, 2.75) is 39.3 Å². The third kappa shape index (κ3) is 1.99. The van der Waals surface area contributed by atoms with Crippen molar-refractivity contribution in [1.29, 1.82) is 0 Å². The molecule has 1 fully saturated rings. The Morgan fingerprint density at radius 3 is 2.54 bits per heavy atom. The molecule has 4 nitrogen and oxygen atoms in total. The minimum Gasteiger partial charge on any atom is -0.354 e. The van der Waals surface area contributed by atoms with Crippen LogP contribution < -0.4 is 5.32 Å². The van der Waals surface area contributed by atoms with E-state index >= 15 is 0 Å². The van der Waals surface area contributed by atoms with Gasteiger partial charge in [-0.2, -0.15) is 0 Å². The highest BCUT2D eigenvalue weighted by Gasteiger charge is 2.33. The average Bonchev–Trinajstić information content (AvgIpc) is 2.35. The molecule has 0 radical (unpaired) electrons. The molecule has 1 unspecified atom stereocenters. The van der Waals surface area contributed by atoms with Gasteiger partial charge in [0.05, 0.1) is 0 Å². The van der Waals surface area contributed by atoms with Crippen molar-refractivity contribution in [3.63, 3.8) is 0 Å². The van der Waals surface area contributed by atoms with Gasteiger partial charge in [-0.15, -0.1) is 0 Å². The fourth-order valence-electron chi connectivity index (χ4n) is 1.79. The van der Waals surface area contributed by atoms with Crippen LogP contribution in [0.4, 0.5) is 0 Å². The molecule has 4 heteroatoms. The first-order chi connectivity index (χ1) is 6.04. The summed E-state index contributed by atoms with van der Waals surface area (Å²) in [6, 6.07) is -0.163. The topological polar surface area (TPSA) is 49.4 Å². The van der Waals surface area contributed by atoms with Crippen LogP contribution in [-0.2, 0) is 9.59 Å². The number of carbonyl (C=O) groups is 2. The molecular weight excluding hydrogens is 168 g/mol. The molecule has 0 aliphatic carbocycles. The van der Waals surface area contributed by atoms with Crippen LogP contribution >= 0.6 is 0 Å². The van der Waals surface area contributed by atoms with E-state index in [1.807, 2.05) is 13.8 Å². The van der Waals surface area contributed by atoms with Crippen LogP contribution in [0.2, 0.25) is 0 Å². The Hall–Kier alpha value is -1.06. The molecule has 13 heavy (non-hydrogen) atoms. The Morgan fingerprint density at radius 1 is 1.62 bits per heavy atom. The van der Waals surface area contributed by atoms with E-state index in [-0.39, 0.29) is 23.9 Å². The van der Waals surface area contributed by atoms with Gasteiger partial charge in [-0.3, -0.25) is 9.59 Å². The van der Waals surface area contributed by atoms with E-state index in [0.29, 0.717) is 6.54 Å². The smallest absolute Gasteiger partial charge is 0.242 e. The average molecular weight is 184 g/mol. The van der Waals surface area contributed by atoms with Crippen molar-refractivity contribution >= 4 is 11.8 Å². The normalized spacial score (nSPS) is 21.8. The van der Waals surface area contributed by atoms with Crippen LogP contribution in [0.5, 0.6) is 0 Å². The van der Waals surface area contributed by atoms with Gasteiger partial charge in [0.15, 0.2) is 0 Å². The lowest BCUT2D eigenvalue weighted by Gasteiger charge is -2.29. The first-order valence-corrected chi connectivity index (χ1v) is 4.60. The number of rotatable bonds is 2. The lowest BCUT2D eigenvalue weighted by Crippen LogP contribution is -2.47. The minimum atomic E-state index is -0.252. The molecule has 74 valence electrons. The maximum atomic E-state index is 11.3. The Labute approximate surface area is 78.3 Å².